The maximum Gasteiger partial charge on any atom is 0.252 e. The van der Waals surface area contributed by atoms with Gasteiger partial charge in [0.2, 0.25) is 0 Å². The summed E-state index contributed by atoms with van der Waals surface area (Å²) < 4.78 is 0. The monoisotopic (exact) mass is 257 g/mol. The number of pyridine rings is 1. The Morgan fingerprint density at radius 1 is 1.53 bits per heavy atom. The van der Waals surface area contributed by atoms with Gasteiger partial charge in [0.25, 0.3) is 5.91 Å². The number of nitrogens with zero attached hydrogens (tertiary/aromatic N) is 1. The zero-order chi connectivity index (χ0) is 13.5. The first-order chi connectivity index (χ1) is 9.31. The Kier molecular flexibility index (Phi) is 4.93. The van der Waals surface area contributed by atoms with E-state index in [1.54, 1.807) is 18.5 Å². The van der Waals surface area contributed by atoms with E-state index in [-0.39, 0.29) is 12.5 Å². The van der Waals surface area contributed by atoms with Crippen molar-refractivity contribution < 1.29 is 4.79 Å². The molecule has 4 nitrogen and oxygen atoms in total. The molecule has 1 aliphatic carbocycles. The highest BCUT2D eigenvalue weighted by molar-refractivity contribution is 5.96. The number of rotatable bonds is 5. The van der Waals surface area contributed by atoms with E-state index in [4.69, 9.17) is 5.73 Å². The number of hydrogen-bond acceptors (Lipinski definition) is 3. The first-order valence-corrected chi connectivity index (χ1v) is 6.72. The van der Waals surface area contributed by atoms with Gasteiger partial charge in [0, 0.05) is 18.9 Å². The molecule has 1 aromatic heterocycles. The van der Waals surface area contributed by atoms with E-state index in [9.17, 15) is 4.79 Å². The third kappa shape index (κ3) is 4.38. The van der Waals surface area contributed by atoms with Crippen molar-refractivity contribution in [1.29, 1.82) is 0 Å². The molecule has 0 bridgehead atoms. The van der Waals surface area contributed by atoms with E-state index in [2.05, 4.69) is 22.1 Å². The van der Waals surface area contributed by atoms with Crippen LogP contribution in [0.25, 0.3) is 0 Å². The number of carbonyl (C=O) groups excluding carboxylic acids is 1. The Balaban J connectivity index is 1.89. The van der Waals surface area contributed by atoms with Gasteiger partial charge in [0.15, 0.2) is 0 Å². The van der Waals surface area contributed by atoms with Gasteiger partial charge in [-0.1, -0.05) is 24.7 Å². The van der Waals surface area contributed by atoms with Crippen LogP contribution in [0.15, 0.2) is 18.5 Å². The second-order valence-corrected chi connectivity index (χ2v) is 4.77. The largest absolute Gasteiger partial charge is 0.352 e. The van der Waals surface area contributed by atoms with Gasteiger partial charge in [-0.05, 0) is 24.8 Å². The number of carbonyl (C=O) groups is 1. The van der Waals surface area contributed by atoms with Crippen LogP contribution in [-0.2, 0) is 0 Å². The van der Waals surface area contributed by atoms with Gasteiger partial charge in [0.05, 0.1) is 17.7 Å². The molecule has 0 aromatic carbocycles. The van der Waals surface area contributed by atoms with Gasteiger partial charge in [0.1, 0.15) is 0 Å². The Morgan fingerprint density at radius 3 is 3.11 bits per heavy atom. The van der Waals surface area contributed by atoms with Crippen LogP contribution < -0.4 is 11.1 Å². The van der Waals surface area contributed by atoms with Crippen LogP contribution in [0.1, 0.15) is 41.6 Å². The molecule has 0 spiro atoms. The minimum atomic E-state index is -0.0838. The van der Waals surface area contributed by atoms with E-state index < -0.39 is 0 Å². The number of hydrogen-bond donors (Lipinski definition) is 2. The van der Waals surface area contributed by atoms with Gasteiger partial charge in [-0.2, -0.15) is 0 Å². The Morgan fingerprint density at radius 2 is 2.37 bits per heavy atom. The summed E-state index contributed by atoms with van der Waals surface area (Å²) in [6.07, 6.45) is 8.19. The van der Waals surface area contributed by atoms with Crippen molar-refractivity contribution in [3.05, 3.63) is 29.6 Å². The lowest BCUT2D eigenvalue weighted by atomic mass is 10.1. The van der Waals surface area contributed by atoms with Crippen molar-refractivity contribution in [3.8, 4) is 11.8 Å². The smallest absolute Gasteiger partial charge is 0.252 e. The Hall–Kier alpha value is -1.86. The fourth-order valence-electron chi connectivity index (χ4n) is 1.93. The number of aromatic nitrogens is 1. The molecule has 0 unspecified atom stereocenters. The molecule has 4 heteroatoms. The molecule has 1 aliphatic rings. The highest BCUT2D eigenvalue weighted by Crippen LogP contribution is 2.33. The van der Waals surface area contributed by atoms with Gasteiger partial charge >= 0.3 is 0 Å². The molecule has 1 saturated carbocycles. The average molecular weight is 257 g/mol. The number of nitrogens with one attached hydrogen (secondary N) is 1. The highest BCUT2D eigenvalue weighted by Gasteiger charge is 2.20. The fraction of sp³-hybridized carbons (Fsp3) is 0.467. The predicted molar refractivity (Wildman–Crippen MR) is 74.5 cm³/mol. The minimum Gasteiger partial charge on any atom is -0.352 e. The van der Waals surface area contributed by atoms with Crippen LogP contribution in [0.4, 0.5) is 0 Å². The normalized spacial score (nSPS) is 13.5. The zero-order valence-electron chi connectivity index (χ0n) is 11.0. The summed E-state index contributed by atoms with van der Waals surface area (Å²) in [7, 11) is 0. The van der Waals surface area contributed by atoms with Gasteiger partial charge in [-0.15, -0.1) is 0 Å². The molecule has 100 valence electrons. The first-order valence-electron chi connectivity index (χ1n) is 6.72. The molecule has 2 rings (SSSR count). The molecule has 3 N–H and O–H groups in total. The summed E-state index contributed by atoms with van der Waals surface area (Å²) in [5.74, 6) is 6.44. The summed E-state index contributed by atoms with van der Waals surface area (Å²) in [6.45, 7) is 0.999. The van der Waals surface area contributed by atoms with Crippen LogP contribution in [0.2, 0.25) is 0 Å². The molecule has 1 amide bonds. The van der Waals surface area contributed by atoms with Gasteiger partial charge in [-0.3, -0.25) is 9.78 Å². The number of amides is 1. The van der Waals surface area contributed by atoms with E-state index in [1.165, 1.54) is 19.3 Å². The molecule has 1 aromatic rings. The van der Waals surface area contributed by atoms with E-state index >= 15 is 0 Å². The third-order valence-electron chi connectivity index (χ3n) is 3.16. The molecule has 0 atom stereocenters. The molecule has 0 saturated heterocycles. The molecular weight excluding hydrogens is 238 g/mol. The summed E-state index contributed by atoms with van der Waals surface area (Å²) >= 11 is 0. The van der Waals surface area contributed by atoms with E-state index in [0.29, 0.717) is 11.1 Å². The van der Waals surface area contributed by atoms with Crippen LogP contribution in [0.3, 0.4) is 0 Å². The summed E-state index contributed by atoms with van der Waals surface area (Å²) in [6, 6.07) is 1.69. The van der Waals surface area contributed by atoms with Crippen LogP contribution in [0.5, 0.6) is 0 Å². The first kappa shape index (κ1) is 13.6. The second kappa shape index (κ2) is 6.91. The average Bonchev–Trinajstić information content (AvgIpc) is 3.25. The maximum absolute atomic E-state index is 12.1. The molecule has 19 heavy (non-hydrogen) atoms. The standard InChI is InChI=1S/C15H19N3O/c16-8-1-4-13-11-17-10-7-14(13)15(19)18-9-2-3-12-5-6-12/h7,10-12H,2-3,5-6,8-9,16H2,(H,18,19). The third-order valence-corrected chi connectivity index (χ3v) is 3.16. The fourth-order valence-corrected chi connectivity index (χ4v) is 1.93. The SMILES string of the molecule is NCC#Cc1cnccc1C(=O)NCCCC1CC1. The lowest BCUT2D eigenvalue weighted by Gasteiger charge is -2.06. The van der Waals surface area contributed by atoms with E-state index in [1.807, 2.05) is 0 Å². The van der Waals surface area contributed by atoms with Crippen LogP contribution in [0, 0.1) is 17.8 Å². The quantitative estimate of drug-likeness (QED) is 0.617. The topological polar surface area (TPSA) is 68.0 Å². The minimum absolute atomic E-state index is 0.0838. The number of nitrogens with two attached hydrogens (primary N) is 1. The molecule has 1 fully saturated rings. The highest BCUT2D eigenvalue weighted by atomic mass is 16.1. The maximum atomic E-state index is 12.1. The van der Waals surface area contributed by atoms with Crippen molar-refractivity contribution in [2.45, 2.75) is 25.7 Å². The second-order valence-electron chi connectivity index (χ2n) is 4.77. The van der Waals surface area contributed by atoms with E-state index in [0.717, 1.165) is 18.9 Å². The lowest BCUT2D eigenvalue weighted by molar-refractivity contribution is 0.0952. The molecule has 0 aliphatic heterocycles. The predicted octanol–water partition coefficient (Wildman–Crippen LogP) is 1.31. The zero-order valence-corrected chi connectivity index (χ0v) is 11.0. The molecular formula is C15H19N3O. The molecule has 0 radical (unpaired) electrons. The van der Waals surface area contributed by atoms with Gasteiger partial charge in [-0.25, -0.2) is 0 Å². The van der Waals surface area contributed by atoms with Gasteiger partial charge < -0.3 is 11.1 Å². The van der Waals surface area contributed by atoms with Crippen LogP contribution in [-0.4, -0.2) is 24.0 Å². The summed E-state index contributed by atoms with van der Waals surface area (Å²) in [5.41, 5.74) is 6.54. The Labute approximate surface area is 113 Å². The van der Waals surface area contributed by atoms with Crippen molar-refractivity contribution >= 4 is 5.91 Å². The Bertz CT molecular complexity index is 498. The summed E-state index contributed by atoms with van der Waals surface area (Å²) in [4.78, 5) is 16.0. The summed E-state index contributed by atoms with van der Waals surface area (Å²) in [5, 5.41) is 2.93. The van der Waals surface area contributed by atoms with Crippen molar-refractivity contribution in [2.24, 2.45) is 11.7 Å². The van der Waals surface area contributed by atoms with Crippen molar-refractivity contribution in [3.63, 3.8) is 0 Å². The van der Waals surface area contributed by atoms with Crippen molar-refractivity contribution in [2.75, 3.05) is 13.1 Å². The molecule has 1 heterocycles. The van der Waals surface area contributed by atoms with Crippen LogP contribution >= 0.6 is 0 Å². The van der Waals surface area contributed by atoms with Crippen molar-refractivity contribution in [1.82, 2.24) is 10.3 Å². The lowest BCUT2D eigenvalue weighted by Crippen LogP contribution is -2.25.